The van der Waals surface area contributed by atoms with Crippen LogP contribution in [0.5, 0.6) is 0 Å². The summed E-state index contributed by atoms with van der Waals surface area (Å²) in [6.45, 7) is 38.1. The third kappa shape index (κ3) is 13.6. The van der Waals surface area contributed by atoms with Gasteiger partial charge in [0.2, 0.25) is 28.5 Å². The van der Waals surface area contributed by atoms with E-state index in [1.807, 2.05) is 96.7 Å². The molecule has 10 aromatic heterocycles. The zero-order chi connectivity index (χ0) is 91.2. The van der Waals surface area contributed by atoms with E-state index < -0.39 is 13.7 Å². The highest BCUT2D eigenvalue weighted by atomic mass is 15.0. The molecule has 0 atom stereocenters. The van der Waals surface area contributed by atoms with E-state index in [0.717, 1.165) is 67.7 Å². The maximum Gasteiger partial charge on any atom is 0.213 e. The number of hydrogen-bond donors (Lipinski definition) is 0. The van der Waals surface area contributed by atoms with Crippen molar-refractivity contribution in [2.24, 2.45) is 35.2 Å². The maximum atomic E-state index is 7.87. The molecular weight excluding hydrogens is 1470 g/mol. The van der Waals surface area contributed by atoms with Gasteiger partial charge >= 0.3 is 0 Å². The Bertz CT molecular complexity index is 6860. The zero-order valence-electron chi connectivity index (χ0n) is 81.0. The van der Waals surface area contributed by atoms with Crippen molar-refractivity contribution in [1.29, 1.82) is 0 Å². The zero-order valence-corrected chi connectivity index (χ0v) is 75.0. The summed E-state index contributed by atoms with van der Waals surface area (Å²) in [6, 6.07) is 63.4. The Kier molecular flexibility index (Phi) is 19.0. The largest absolute Gasteiger partial charge is 0.256 e. The summed E-state index contributed by atoms with van der Waals surface area (Å²) >= 11 is 0. The summed E-state index contributed by atoms with van der Waals surface area (Å²) in [5, 5.41) is 0. The van der Waals surface area contributed by atoms with Crippen molar-refractivity contribution in [3.8, 4) is 113 Å². The third-order valence-corrected chi connectivity index (χ3v) is 26.9. The molecule has 10 heteroatoms. The summed E-state index contributed by atoms with van der Waals surface area (Å²) in [6.07, 6.45) is 17.6. The predicted molar refractivity (Wildman–Crippen MR) is 494 cm³/mol. The van der Waals surface area contributed by atoms with Crippen LogP contribution < -0.4 is 22.8 Å². The molecule has 0 saturated carbocycles. The average Bonchev–Trinajstić information content (AvgIpc) is 1.59. The Morgan fingerprint density at radius 1 is 0.256 bits per heavy atom. The molecule has 0 radical (unpaired) electrons. The Labute approximate surface area is 726 Å². The minimum absolute atomic E-state index is 0.0446. The number of benzene rings is 5. The van der Waals surface area contributed by atoms with Crippen molar-refractivity contribution >= 4 is 0 Å². The summed E-state index contributed by atoms with van der Waals surface area (Å²) in [5.74, 6) is 0. The van der Waals surface area contributed by atoms with Crippen LogP contribution in [0.15, 0.2) is 238 Å². The summed E-state index contributed by atoms with van der Waals surface area (Å²) in [5.41, 5.74) is 48.4. The van der Waals surface area contributed by atoms with E-state index >= 15 is 0 Å². The molecule has 5 aliphatic carbocycles. The van der Waals surface area contributed by atoms with Gasteiger partial charge in [0, 0.05) is 161 Å². The first-order chi connectivity index (χ1) is 59.9. The molecule has 0 unspecified atom stereocenters. The van der Waals surface area contributed by atoms with Gasteiger partial charge in [-0.3, -0.25) is 24.9 Å². The topological polar surface area (TPSA) is 83.8 Å². The highest BCUT2D eigenvalue weighted by molar-refractivity contribution is 5.92. The SMILES string of the molecule is Cc1cc(-c2c(C)ccc3c2C(C)(C)c2cccnc2-3)[n+](C)cc1C.Cc1cc[n+](C)c(-c2c(C)ccc3c2C(C)(C)c2cccnc2-3)c1.Cc1cc[n+](C)c(-c2c(C)ccc3c2C(C)(C)c2cccnc2-3)c1.[2H]C([2H])([2H])c1ccc(-c2c(C)ccc3c2C(C)(C)c2cccnc2-3)[n+](C)c1.[2H]C([2H])([2H])c1cccc(-c2c(C)ccc3c2C(C)(C)c2cccnc2-3)[n+]1C. The van der Waals surface area contributed by atoms with Crippen LogP contribution in [0.3, 0.4) is 0 Å². The predicted octanol–water partition coefficient (Wildman–Crippen LogP) is 22.8. The van der Waals surface area contributed by atoms with E-state index in [1.165, 1.54) is 151 Å². The van der Waals surface area contributed by atoms with Crippen LogP contribution >= 0.6 is 0 Å². The van der Waals surface area contributed by atoms with Gasteiger partial charge < -0.3 is 0 Å². The maximum absolute atomic E-state index is 7.87. The quantitative estimate of drug-likeness (QED) is 0.160. The van der Waals surface area contributed by atoms with Crippen LogP contribution in [0.1, 0.15) is 194 Å². The van der Waals surface area contributed by atoms with E-state index in [0.29, 0.717) is 11.3 Å². The van der Waals surface area contributed by atoms with Crippen molar-refractivity contribution in [1.82, 2.24) is 24.9 Å². The molecule has 0 bridgehead atoms. The normalized spacial score (nSPS) is 15.3. The number of aryl methyl sites for hydroxylation is 15. The van der Waals surface area contributed by atoms with Crippen molar-refractivity contribution in [2.75, 3.05) is 0 Å². The number of fused-ring (bicyclic) bond motifs is 15. The first-order valence-corrected chi connectivity index (χ1v) is 42.3. The van der Waals surface area contributed by atoms with Gasteiger partial charge in [0.25, 0.3) is 0 Å². The Hall–Kier alpha value is -12.4. The van der Waals surface area contributed by atoms with E-state index in [1.54, 1.807) is 18.3 Å². The van der Waals surface area contributed by atoms with Gasteiger partial charge in [-0.25, -0.2) is 18.3 Å². The molecule has 10 heterocycles. The van der Waals surface area contributed by atoms with Gasteiger partial charge in [-0.15, -0.1) is 0 Å². The van der Waals surface area contributed by atoms with Gasteiger partial charge in [-0.1, -0.05) is 160 Å². The first-order valence-electron chi connectivity index (χ1n) is 45.3. The van der Waals surface area contributed by atoms with Crippen LogP contribution in [0.25, 0.3) is 113 Å². The van der Waals surface area contributed by atoms with Crippen molar-refractivity contribution < 1.29 is 31.1 Å². The summed E-state index contributed by atoms with van der Waals surface area (Å²) < 4.78 is 57.1. The minimum Gasteiger partial charge on any atom is -0.256 e. The van der Waals surface area contributed by atoms with Crippen LogP contribution in [-0.2, 0) is 62.3 Å². The molecule has 5 aromatic carbocycles. The Balaban J connectivity index is 0.000000117. The lowest BCUT2D eigenvalue weighted by Crippen LogP contribution is -2.35. The first kappa shape index (κ1) is 74.9. The van der Waals surface area contributed by atoms with Crippen LogP contribution in [0.4, 0.5) is 0 Å². The van der Waals surface area contributed by atoms with Crippen molar-refractivity contribution in [3.63, 3.8) is 0 Å². The van der Waals surface area contributed by atoms with Crippen molar-refractivity contribution in [2.45, 2.75) is 172 Å². The molecule has 606 valence electrons. The second-order valence-electron chi connectivity index (χ2n) is 36.8. The molecule has 0 N–H and O–H groups in total. The number of nitrogens with zero attached hydrogens (tertiary/aromatic N) is 10. The second kappa shape index (κ2) is 30.7. The van der Waals surface area contributed by atoms with Crippen LogP contribution in [-0.4, -0.2) is 24.9 Å². The molecule has 20 rings (SSSR count). The summed E-state index contributed by atoms with van der Waals surface area (Å²) in [4.78, 5) is 23.4. The standard InChI is InChI=1S/C23H25N2.4C22H23N2/c1-14-9-10-17-21(23(4,5)18-8-7-11-24-22(17)18)20(14)19-12-15(2)16(3)13-25(19)6;1-14-11-12-16-20(19(14)18-10-6-8-15(2)24(18)5)22(3,4)17-9-7-13-23-21(16)17;1-14-8-11-18(24(5)13-14)19-15(2)9-10-16-20(19)22(3,4)17-7-6-12-23-21(16)17;2*1-14-10-12-24(5)18(13-14)19-15(2)8-9-16-20(19)22(3,4)17-7-6-11-23-21(16)17/h7-13H,1-6H3;4*6-13H,1-5H3/q5*+1/i;2D3;1D3;;. The van der Waals surface area contributed by atoms with Crippen LogP contribution in [0.2, 0.25) is 0 Å². The molecule has 0 amide bonds. The Morgan fingerprint density at radius 3 is 0.876 bits per heavy atom. The highest BCUT2D eigenvalue weighted by Crippen LogP contribution is 2.57. The lowest BCUT2D eigenvalue weighted by Gasteiger charge is -2.24. The Morgan fingerprint density at radius 2 is 0.562 bits per heavy atom. The lowest BCUT2D eigenvalue weighted by molar-refractivity contribution is -0.666. The summed E-state index contributed by atoms with van der Waals surface area (Å²) in [7, 11) is 10.1. The fraction of sp³-hybridized carbons (Fsp3) is 0.279. The molecule has 0 aliphatic heterocycles. The second-order valence-corrected chi connectivity index (χ2v) is 36.8. The fourth-order valence-electron chi connectivity index (χ4n) is 20.4. The molecular formula is C111H117N10+5. The molecule has 121 heavy (non-hydrogen) atoms. The third-order valence-electron chi connectivity index (χ3n) is 26.9. The smallest absolute Gasteiger partial charge is 0.213 e. The number of pyridine rings is 10. The molecule has 15 aromatic rings. The number of aromatic nitrogens is 10. The monoisotopic (exact) mass is 1600 g/mol. The molecule has 5 aliphatic rings. The fourth-order valence-corrected chi connectivity index (χ4v) is 20.4. The van der Waals surface area contributed by atoms with Gasteiger partial charge in [-0.05, 0) is 212 Å². The molecule has 0 spiro atoms. The molecule has 10 nitrogen and oxygen atoms in total. The highest BCUT2D eigenvalue weighted by Gasteiger charge is 2.46. The van der Waals surface area contributed by atoms with E-state index in [9.17, 15) is 0 Å². The van der Waals surface area contributed by atoms with E-state index in [4.69, 9.17) is 23.2 Å². The van der Waals surface area contributed by atoms with Crippen LogP contribution in [0, 0.1) is 76.0 Å². The van der Waals surface area contributed by atoms with Gasteiger partial charge in [0.1, 0.15) is 35.2 Å². The van der Waals surface area contributed by atoms with Gasteiger partial charge in [-0.2, -0.15) is 4.57 Å². The minimum atomic E-state index is -2.16. The van der Waals surface area contributed by atoms with E-state index in [-0.39, 0.29) is 27.1 Å². The van der Waals surface area contributed by atoms with Gasteiger partial charge in [0.15, 0.2) is 30.5 Å². The molecule has 0 fully saturated rings. The number of rotatable bonds is 5. The lowest BCUT2D eigenvalue weighted by atomic mass is 9.78. The number of hydrogen-bond acceptors (Lipinski definition) is 5. The van der Waals surface area contributed by atoms with E-state index in [2.05, 4.69) is 322 Å². The average molecular weight is 1600 g/mol. The van der Waals surface area contributed by atoms with Crippen molar-refractivity contribution in [3.05, 3.63) is 355 Å². The molecule has 0 saturated heterocycles. The van der Waals surface area contributed by atoms with Gasteiger partial charge in [0.05, 0.1) is 56.3 Å².